The lowest BCUT2D eigenvalue weighted by Crippen LogP contribution is -2.75. The number of fused-ring (bicyclic) bond motifs is 1. The first-order valence-electron chi connectivity index (χ1n) is 11.4. The van der Waals surface area contributed by atoms with Crippen molar-refractivity contribution in [3.63, 3.8) is 0 Å². The van der Waals surface area contributed by atoms with Gasteiger partial charge in [0.05, 0.1) is 24.0 Å². The first-order chi connectivity index (χ1) is 17.0. The van der Waals surface area contributed by atoms with Crippen LogP contribution >= 0.6 is 11.8 Å². The summed E-state index contributed by atoms with van der Waals surface area (Å²) in [5.41, 5.74) is -0.830. The lowest BCUT2D eigenvalue weighted by Gasteiger charge is -2.53. The second-order valence-corrected chi connectivity index (χ2v) is 9.23. The molecule has 2 unspecified atom stereocenters. The summed E-state index contributed by atoms with van der Waals surface area (Å²) in [6, 6.07) is 18.2. The summed E-state index contributed by atoms with van der Waals surface area (Å²) in [6.07, 6.45) is 0.324. The number of benzene rings is 2. The fourth-order valence-corrected chi connectivity index (χ4v) is 5.22. The highest BCUT2D eigenvalue weighted by atomic mass is 32.2. The van der Waals surface area contributed by atoms with Crippen LogP contribution in [-0.2, 0) is 23.9 Å². The number of nitrogens with one attached hydrogen (secondary N) is 1. The highest BCUT2D eigenvalue weighted by Gasteiger charge is 2.61. The summed E-state index contributed by atoms with van der Waals surface area (Å²) < 4.78 is 11.2. The normalized spacial score (nSPS) is 20.9. The van der Waals surface area contributed by atoms with E-state index in [4.69, 9.17) is 9.47 Å². The van der Waals surface area contributed by atoms with Gasteiger partial charge in [0.2, 0.25) is 11.6 Å². The number of ether oxygens (including phenoxy) is 2. The molecule has 35 heavy (non-hydrogen) atoms. The second-order valence-electron chi connectivity index (χ2n) is 8.18. The molecule has 2 aromatic rings. The van der Waals surface area contributed by atoms with Crippen LogP contribution in [0.2, 0.25) is 0 Å². The van der Waals surface area contributed by atoms with Gasteiger partial charge in [0.25, 0.3) is 0 Å². The predicted octanol–water partition coefficient (Wildman–Crippen LogP) is 3.93. The minimum atomic E-state index is -2.13. The van der Waals surface area contributed by atoms with E-state index >= 15 is 0 Å². The standard InChI is InChI=1S/C26H26N2O6S/c1-2-3-14-33-25(32)27-26(20(16-29)17-35-22-15-21(30)28(22)26)24(31)34-23(18-10-6-4-7-11-18)19-12-8-5-9-13-19/h4-13,16-17,22-23H,2-3,14-15H2,1H3,(H,27,32). The van der Waals surface area contributed by atoms with E-state index in [1.165, 1.54) is 22.1 Å². The number of thioether (sulfide) groups is 1. The van der Waals surface area contributed by atoms with Crippen LogP contribution in [0.1, 0.15) is 43.4 Å². The fraction of sp³-hybridized carbons (Fsp3) is 0.308. The number of hydrogen-bond acceptors (Lipinski definition) is 7. The summed E-state index contributed by atoms with van der Waals surface area (Å²) in [6.45, 7) is 2.08. The molecule has 8 nitrogen and oxygen atoms in total. The molecule has 1 N–H and O–H groups in total. The molecule has 2 heterocycles. The zero-order chi connectivity index (χ0) is 24.8. The highest BCUT2D eigenvalue weighted by Crippen LogP contribution is 2.45. The summed E-state index contributed by atoms with van der Waals surface area (Å²) in [7, 11) is 0. The van der Waals surface area contributed by atoms with Crippen molar-refractivity contribution in [3.8, 4) is 0 Å². The van der Waals surface area contributed by atoms with Gasteiger partial charge in [0.15, 0.2) is 12.4 Å². The number of nitrogens with zero attached hydrogens (tertiary/aromatic N) is 1. The van der Waals surface area contributed by atoms with Gasteiger partial charge in [-0.3, -0.25) is 19.8 Å². The first kappa shape index (κ1) is 24.5. The third kappa shape index (κ3) is 4.81. The molecule has 1 saturated heterocycles. The van der Waals surface area contributed by atoms with Crippen molar-refractivity contribution in [1.29, 1.82) is 0 Å². The third-order valence-corrected chi connectivity index (χ3v) is 6.98. The van der Waals surface area contributed by atoms with E-state index in [9.17, 15) is 19.2 Å². The molecule has 9 heteroatoms. The number of unbranched alkanes of at least 4 members (excludes halogenated alkanes) is 1. The number of amides is 2. The topological polar surface area (TPSA) is 102 Å². The molecule has 4 rings (SSSR count). The van der Waals surface area contributed by atoms with Crippen LogP contribution in [0.3, 0.4) is 0 Å². The minimum Gasteiger partial charge on any atom is -0.450 e. The number of carbonyl (C=O) groups excluding carboxylic acids is 4. The summed E-state index contributed by atoms with van der Waals surface area (Å²) in [4.78, 5) is 52.7. The zero-order valence-corrected chi connectivity index (χ0v) is 20.0. The quantitative estimate of drug-likeness (QED) is 0.244. The van der Waals surface area contributed by atoms with Gasteiger partial charge < -0.3 is 9.47 Å². The Morgan fingerprint density at radius 1 is 1.14 bits per heavy atom. The van der Waals surface area contributed by atoms with Gasteiger partial charge in [-0.2, -0.15) is 0 Å². The van der Waals surface area contributed by atoms with Crippen LogP contribution in [-0.4, -0.2) is 46.8 Å². The van der Waals surface area contributed by atoms with E-state index < -0.39 is 29.2 Å². The lowest BCUT2D eigenvalue weighted by atomic mass is 9.93. The van der Waals surface area contributed by atoms with E-state index in [-0.39, 0.29) is 24.5 Å². The van der Waals surface area contributed by atoms with Crippen LogP contribution in [0.5, 0.6) is 0 Å². The molecule has 2 atom stereocenters. The second kappa shape index (κ2) is 10.8. The minimum absolute atomic E-state index is 0.0934. The van der Waals surface area contributed by atoms with Crippen molar-refractivity contribution in [2.75, 3.05) is 6.61 Å². The average molecular weight is 495 g/mol. The largest absolute Gasteiger partial charge is 0.450 e. The van der Waals surface area contributed by atoms with Crippen LogP contribution < -0.4 is 5.32 Å². The van der Waals surface area contributed by atoms with Crippen molar-refractivity contribution >= 4 is 36.0 Å². The molecule has 2 aliphatic rings. The highest BCUT2D eigenvalue weighted by molar-refractivity contribution is 8.02. The number of esters is 1. The zero-order valence-electron chi connectivity index (χ0n) is 19.2. The Morgan fingerprint density at radius 2 is 1.77 bits per heavy atom. The molecule has 0 aromatic heterocycles. The Bertz CT molecular complexity index is 1080. The van der Waals surface area contributed by atoms with Gasteiger partial charge in [-0.05, 0) is 23.0 Å². The van der Waals surface area contributed by atoms with Crippen molar-refractivity contribution in [3.05, 3.63) is 82.8 Å². The number of hydrogen-bond donors (Lipinski definition) is 1. The maximum Gasteiger partial charge on any atom is 0.409 e. The summed E-state index contributed by atoms with van der Waals surface area (Å²) in [5.74, 6) is -1.32. The fourth-order valence-electron chi connectivity index (χ4n) is 4.06. The Kier molecular flexibility index (Phi) is 7.55. The smallest absolute Gasteiger partial charge is 0.409 e. The number of rotatable bonds is 9. The maximum absolute atomic E-state index is 14.0. The summed E-state index contributed by atoms with van der Waals surface area (Å²) in [5, 5.41) is 3.60. The third-order valence-electron chi connectivity index (χ3n) is 5.90. The van der Waals surface area contributed by atoms with Crippen LogP contribution in [0.25, 0.3) is 0 Å². The molecule has 1 fully saturated rings. The number of carbonyl (C=O) groups is 4. The SMILES string of the molecule is CCCCOC(=O)NC1(C(=O)OC(c2ccccc2)c2ccccc2)C(C=O)=CSC2CC(=O)N21. The molecular weight excluding hydrogens is 468 g/mol. The van der Waals surface area contributed by atoms with Crippen LogP contribution in [0.15, 0.2) is 71.6 Å². The number of alkyl carbamates (subject to hydrolysis) is 1. The maximum atomic E-state index is 14.0. The number of aldehydes is 1. The molecule has 182 valence electrons. The van der Waals surface area contributed by atoms with Crippen molar-refractivity contribution in [2.45, 2.75) is 43.3 Å². The van der Waals surface area contributed by atoms with E-state index in [0.29, 0.717) is 23.8 Å². The molecule has 0 aliphatic carbocycles. The van der Waals surface area contributed by atoms with Gasteiger partial charge in [-0.15, -0.1) is 11.8 Å². The molecular formula is C26H26N2O6S. The average Bonchev–Trinajstić information content (AvgIpc) is 2.87. The molecule has 2 aliphatic heterocycles. The van der Waals surface area contributed by atoms with E-state index in [0.717, 1.165) is 6.42 Å². The molecule has 0 spiro atoms. The summed E-state index contributed by atoms with van der Waals surface area (Å²) >= 11 is 1.24. The Balaban J connectivity index is 1.73. The predicted molar refractivity (Wildman–Crippen MR) is 130 cm³/mol. The van der Waals surface area contributed by atoms with E-state index in [1.54, 1.807) is 0 Å². The molecule has 0 bridgehead atoms. The van der Waals surface area contributed by atoms with Crippen molar-refractivity contribution < 1.29 is 28.7 Å². The molecule has 2 amide bonds. The van der Waals surface area contributed by atoms with Gasteiger partial charge in [0.1, 0.15) is 0 Å². The van der Waals surface area contributed by atoms with Gasteiger partial charge in [0, 0.05) is 0 Å². The van der Waals surface area contributed by atoms with Crippen molar-refractivity contribution in [1.82, 2.24) is 10.2 Å². The monoisotopic (exact) mass is 494 g/mol. The Labute approximate surface area is 207 Å². The van der Waals surface area contributed by atoms with Crippen LogP contribution in [0.4, 0.5) is 4.79 Å². The van der Waals surface area contributed by atoms with Gasteiger partial charge in [-0.25, -0.2) is 9.59 Å². The van der Waals surface area contributed by atoms with E-state index in [2.05, 4.69) is 5.32 Å². The van der Waals surface area contributed by atoms with Crippen LogP contribution in [0, 0.1) is 0 Å². The molecule has 0 radical (unpaired) electrons. The Morgan fingerprint density at radius 3 is 2.31 bits per heavy atom. The number of β-lactam (4-membered cyclic amide) rings is 1. The molecule has 2 aromatic carbocycles. The molecule has 0 saturated carbocycles. The Hall–Kier alpha value is -3.59. The van der Waals surface area contributed by atoms with Gasteiger partial charge >= 0.3 is 12.1 Å². The lowest BCUT2D eigenvalue weighted by molar-refractivity contribution is -0.174. The van der Waals surface area contributed by atoms with Crippen molar-refractivity contribution in [2.24, 2.45) is 0 Å². The van der Waals surface area contributed by atoms with E-state index in [1.807, 2.05) is 67.6 Å². The van der Waals surface area contributed by atoms with Gasteiger partial charge in [-0.1, -0.05) is 74.0 Å². The first-order valence-corrected chi connectivity index (χ1v) is 12.3.